The van der Waals surface area contributed by atoms with Crippen LogP contribution in [0.5, 0.6) is 0 Å². The van der Waals surface area contributed by atoms with Gasteiger partial charge in [-0.1, -0.05) is 89.6 Å². The molecule has 150 valence electrons. The highest BCUT2D eigenvalue weighted by Crippen LogP contribution is 2.25. The van der Waals surface area contributed by atoms with Crippen LogP contribution in [-0.2, 0) is 13.0 Å². The van der Waals surface area contributed by atoms with Crippen LogP contribution < -0.4 is 0 Å². The van der Waals surface area contributed by atoms with Gasteiger partial charge in [0.1, 0.15) is 0 Å². The van der Waals surface area contributed by atoms with Gasteiger partial charge < -0.3 is 0 Å². The van der Waals surface area contributed by atoms with Gasteiger partial charge in [-0.3, -0.25) is 9.80 Å². The Kier molecular flexibility index (Phi) is 6.81. The van der Waals surface area contributed by atoms with Crippen molar-refractivity contribution in [3.8, 4) is 0 Å². The Morgan fingerprint density at radius 1 is 0.862 bits per heavy atom. The minimum Gasteiger partial charge on any atom is -0.297 e. The van der Waals surface area contributed by atoms with Crippen molar-refractivity contribution in [3.05, 3.63) is 87.9 Å². The van der Waals surface area contributed by atoms with Gasteiger partial charge in [-0.25, -0.2) is 0 Å². The quantitative estimate of drug-likeness (QED) is 0.456. The second-order valence-corrected chi connectivity index (χ2v) is 8.63. The molecule has 1 fully saturated rings. The van der Waals surface area contributed by atoms with Gasteiger partial charge in [0, 0.05) is 43.7 Å². The van der Waals surface area contributed by atoms with E-state index in [2.05, 4.69) is 105 Å². The molecule has 0 aromatic heterocycles. The van der Waals surface area contributed by atoms with E-state index in [0.29, 0.717) is 0 Å². The summed E-state index contributed by atoms with van der Waals surface area (Å²) in [5.74, 6) is 0. The Labute approximate surface area is 183 Å². The lowest BCUT2D eigenvalue weighted by Crippen LogP contribution is -2.45. The fourth-order valence-electron chi connectivity index (χ4n) is 4.19. The number of aryl methyl sites for hydroxylation is 1. The van der Waals surface area contributed by atoms with Crippen LogP contribution in [0.4, 0.5) is 0 Å². The summed E-state index contributed by atoms with van der Waals surface area (Å²) in [7, 11) is 0. The van der Waals surface area contributed by atoms with Gasteiger partial charge in [0.2, 0.25) is 0 Å². The van der Waals surface area contributed by atoms with Crippen molar-refractivity contribution >= 4 is 32.8 Å². The number of hydrogen-bond acceptors (Lipinski definition) is 2. The molecule has 0 radical (unpaired) electrons. The smallest absolute Gasteiger partial charge is 0.0247 e. The maximum atomic E-state index is 3.62. The summed E-state index contributed by atoms with van der Waals surface area (Å²) in [6.07, 6.45) is 5.61. The summed E-state index contributed by atoms with van der Waals surface area (Å²) < 4.78 is 1.16. The Morgan fingerprint density at radius 2 is 1.59 bits per heavy atom. The van der Waals surface area contributed by atoms with Gasteiger partial charge in [0.15, 0.2) is 0 Å². The molecule has 0 bridgehead atoms. The Morgan fingerprint density at radius 3 is 2.38 bits per heavy atom. The third-order valence-corrected chi connectivity index (χ3v) is 6.65. The molecule has 0 spiro atoms. The van der Waals surface area contributed by atoms with Crippen molar-refractivity contribution in [2.24, 2.45) is 0 Å². The number of nitrogens with zero attached hydrogens (tertiary/aromatic N) is 2. The third kappa shape index (κ3) is 4.98. The number of hydrogen-bond donors (Lipinski definition) is 0. The molecule has 29 heavy (non-hydrogen) atoms. The van der Waals surface area contributed by atoms with E-state index < -0.39 is 0 Å². The van der Waals surface area contributed by atoms with Crippen LogP contribution in [0.1, 0.15) is 23.6 Å². The van der Waals surface area contributed by atoms with E-state index in [9.17, 15) is 0 Å². The zero-order valence-electron chi connectivity index (χ0n) is 17.2. The van der Waals surface area contributed by atoms with E-state index in [1.807, 2.05) is 0 Å². The molecule has 0 unspecified atom stereocenters. The first-order chi connectivity index (χ1) is 14.2. The molecule has 3 heteroatoms. The highest BCUT2D eigenvalue weighted by Gasteiger charge is 2.18. The van der Waals surface area contributed by atoms with E-state index >= 15 is 0 Å². The zero-order chi connectivity index (χ0) is 20.1. The van der Waals surface area contributed by atoms with Crippen LogP contribution in [0.3, 0.4) is 0 Å². The number of piperazine rings is 1. The number of fused-ring (bicyclic) bond motifs is 1. The summed E-state index contributed by atoms with van der Waals surface area (Å²) >= 11 is 3.62. The van der Waals surface area contributed by atoms with Crippen molar-refractivity contribution in [2.45, 2.75) is 19.9 Å². The number of halogens is 1. The number of rotatable bonds is 6. The molecule has 1 heterocycles. The van der Waals surface area contributed by atoms with Gasteiger partial charge in [-0.15, -0.1) is 0 Å². The summed E-state index contributed by atoms with van der Waals surface area (Å²) in [5, 5.41) is 2.78. The summed E-state index contributed by atoms with van der Waals surface area (Å²) in [6.45, 7) is 8.88. The monoisotopic (exact) mass is 448 g/mol. The number of benzene rings is 3. The predicted octanol–water partition coefficient (Wildman–Crippen LogP) is 6.00. The van der Waals surface area contributed by atoms with Crippen LogP contribution in [0.15, 0.2) is 71.2 Å². The van der Waals surface area contributed by atoms with Crippen molar-refractivity contribution in [2.75, 3.05) is 32.7 Å². The van der Waals surface area contributed by atoms with E-state index in [1.54, 1.807) is 0 Å². The zero-order valence-corrected chi connectivity index (χ0v) is 18.7. The second kappa shape index (κ2) is 9.71. The minimum absolute atomic E-state index is 1.02. The fraction of sp³-hybridized carbons (Fsp3) is 0.308. The third-order valence-electron chi connectivity index (χ3n) is 5.93. The molecule has 4 rings (SSSR count). The lowest BCUT2D eigenvalue weighted by molar-refractivity contribution is 0.137. The van der Waals surface area contributed by atoms with Crippen molar-refractivity contribution < 1.29 is 0 Å². The predicted molar refractivity (Wildman–Crippen MR) is 128 cm³/mol. The average Bonchev–Trinajstić information content (AvgIpc) is 2.76. The lowest BCUT2D eigenvalue weighted by Gasteiger charge is -2.34. The molecule has 3 aromatic carbocycles. The topological polar surface area (TPSA) is 6.48 Å². The molecule has 3 aromatic rings. The molecule has 0 atom stereocenters. The van der Waals surface area contributed by atoms with E-state index in [-0.39, 0.29) is 0 Å². The van der Waals surface area contributed by atoms with E-state index in [0.717, 1.165) is 50.2 Å². The van der Waals surface area contributed by atoms with Crippen molar-refractivity contribution in [3.63, 3.8) is 0 Å². The van der Waals surface area contributed by atoms with Crippen LogP contribution in [-0.4, -0.2) is 42.5 Å². The maximum Gasteiger partial charge on any atom is 0.0247 e. The maximum absolute atomic E-state index is 3.62. The highest BCUT2D eigenvalue weighted by molar-refractivity contribution is 9.10. The Hall–Kier alpha value is -1.94. The molecular weight excluding hydrogens is 420 g/mol. The first-order valence-electron chi connectivity index (χ1n) is 10.6. The SMILES string of the molecule is CCc1ccc2ccccc2c1CN1CCN(C/C=C/c2ccccc2Br)CC1. The normalized spacial score (nSPS) is 16.1. The van der Waals surface area contributed by atoms with Crippen LogP contribution in [0.25, 0.3) is 16.8 Å². The minimum atomic E-state index is 1.02. The summed E-state index contributed by atoms with van der Waals surface area (Å²) in [5.41, 5.74) is 4.25. The standard InChI is InChI=1S/C26H29BrN2/c1-2-21-13-14-22-8-3-5-11-24(22)25(21)20-29-18-16-28(17-19-29)15-7-10-23-9-4-6-12-26(23)27/h3-14H,2,15-20H2,1H3/b10-7+. The molecular formula is C26H29BrN2. The summed E-state index contributed by atoms with van der Waals surface area (Å²) in [6, 6.07) is 21.8. The lowest BCUT2D eigenvalue weighted by atomic mass is 9.97. The van der Waals surface area contributed by atoms with E-state index in [4.69, 9.17) is 0 Å². The van der Waals surface area contributed by atoms with E-state index in [1.165, 1.54) is 27.5 Å². The van der Waals surface area contributed by atoms with Crippen LogP contribution in [0, 0.1) is 0 Å². The van der Waals surface area contributed by atoms with Gasteiger partial charge in [-0.05, 0) is 39.9 Å². The summed E-state index contributed by atoms with van der Waals surface area (Å²) in [4.78, 5) is 5.17. The van der Waals surface area contributed by atoms with Gasteiger partial charge >= 0.3 is 0 Å². The first-order valence-corrected chi connectivity index (χ1v) is 11.4. The molecule has 1 aliphatic rings. The Bertz CT molecular complexity index is 987. The first kappa shape index (κ1) is 20.3. The molecule has 1 aliphatic heterocycles. The van der Waals surface area contributed by atoms with Crippen molar-refractivity contribution in [1.82, 2.24) is 9.80 Å². The largest absolute Gasteiger partial charge is 0.297 e. The molecule has 1 saturated heterocycles. The average molecular weight is 449 g/mol. The highest BCUT2D eigenvalue weighted by atomic mass is 79.9. The molecule has 0 N–H and O–H groups in total. The second-order valence-electron chi connectivity index (χ2n) is 7.78. The molecule has 0 saturated carbocycles. The Balaban J connectivity index is 1.36. The van der Waals surface area contributed by atoms with Crippen LogP contribution in [0.2, 0.25) is 0 Å². The van der Waals surface area contributed by atoms with Crippen LogP contribution >= 0.6 is 15.9 Å². The van der Waals surface area contributed by atoms with Gasteiger partial charge in [-0.2, -0.15) is 0 Å². The fourth-order valence-corrected chi connectivity index (χ4v) is 4.61. The van der Waals surface area contributed by atoms with Crippen molar-refractivity contribution in [1.29, 1.82) is 0 Å². The molecule has 0 amide bonds. The molecule has 2 nitrogen and oxygen atoms in total. The van der Waals surface area contributed by atoms with Gasteiger partial charge in [0.25, 0.3) is 0 Å². The molecule has 0 aliphatic carbocycles. The van der Waals surface area contributed by atoms with Gasteiger partial charge in [0.05, 0.1) is 0 Å².